The van der Waals surface area contributed by atoms with Crippen LogP contribution in [0.25, 0.3) is 0 Å². The number of hydrogen-bond donors (Lipinski definition) is 0. The number of rotatable bonds is 3. The van der Waals surface area contributed by atoms with E-state index >= 15 is 0 Å². The van der Waals surface area contributed by atoms with Crippen LogP contribution >= 0.6 is 0 Å². The van der Waals surface area contributed by atoms with E-state index in [0.717, 1.165) is 18.3 Å². The fourth-order valence-electron chi connectivity index (χ4n) is 1.84. The van der Waals surface area contributed by atoms with Crippen LogP contribution in [-0.2, 0) is 0 Å². The van der Waals surface area contributed by atoms with E-state index in [1.807, 2.05) is 0 Å². The molecule has 1 unspecified atom stereocenters. The topological polar surface area (TPSA) is 0 Å². The van der Waals surface area contributed by atoms with Crippen LogP contribution in [0.1, 0.15) is 33.6 Å². The summed E-state index contributed by atoms with van der Waals surface area (Å²) in [6.45, 7) is 6.89. The summed E-state index contributed by atoms with van der Waals surface area (Å²) in [7, 11) is 0. The first kappa shape index (κ1) is 8.58. The molecule has 0 fully saturated rings. The molecule has 0 bridgehead atoms. The highest BCUT2D eigenvalue weighted by Gasteiger charge is 2.15. The zero-order chi connectivity index (χ0) is 8.27. The van der Waals surface area contributed by atoms with Crippen molar-refractivity contribution in [2.75, 3.05) is 0 Å². The molecule has 0 N–H and O–H groups in total. The molecule has 0 nitrogen and oxygen atoms in total. The lowest BCUT2D eigenvalue weighted by molar-refractivity contribution is 0.438. The van der Waals surface area contributed by atoms with Crippen molar-refractivity contribution in [2.45, 2.75) is 33.6 Å². The van der Waals surface area contributed by atoms with Crippen LogP contribution in [0.2, 0.25) is 0 Å². The number of allylic oxidation sites excluding steroid dienone is 4. The third kappa shape index (κ3) is 1.95. The zero-order valence-corrected chi connectivity index (χ0v) is 7.80. The minimum atomic E-state index is 0.786. The second-order valence-corrected chi connectivity index (χ2v) is 3.60. The maximum Gasteiger partial charge on any atom is -0.0145 e. The van der Waals surface area contributed by atoms with E-state index in [4.69, 9.17) is 0 Å². The minimum Gasteiger partial charge on any atom is -0.0805 e. The van der Waals surface area contributed by atoms with Crippen molar-refractivity contribution in [3.63, 3.8) is 0 Å². The van der Waals surface area contributed by atoms with Gasteiger partial charge in [-0.05, 0) is 30.3 Å². The molecule has 1 aliphatic carbocycles. The Kier molecular flexibility index (Phi) is 2.92. The summed E-state index contributed by atoms with van der Waals surface area (Å²) in [5.41, 5.74) is 1.56. The summed E-state index contributed by atoms with van der Waals surface area (Å²) >= 11 is 0. The van der Waals surface area contributed by atoms with Gasteiger partial charge in [-0.3, -0.25) is 0 Å². The summed E-state index contributed by atoms with van der Waals surface area (Å²) in [4.78, 5) is 0. The molecular weight excluding hydrogens is 132 g/mol. The van der Waals surface area contributed by atoms with Gasteiger partial charge in [0.1, 0.15) is 0 Å². The lowest BCUT2D eigenvalue weighted by Gasteiger charge is -2.19. The van der Waals surface area contributed by atoms with Gasteiger partial charge in [-0.1, -0.05) is 39.0 Å². The zero-order valence-electron chi connectivity index (χ0n) is 7.80. The van der Waals surface area contributed by atoms with Gasteiger partial charge in [0.05, 0.1) is 0 Å². The Morgan fingerprint density at radius 3 is 2.55 bits per heavy atom. The second kappa shape index (κ2) is 3.75. The maximum atomic E-state index is 2.36. The highest BCUT2D eigenvalue weighted by atomic mass is 14.2. The summed E-state index contributed by atoms with van der Waals surface area (Å²) in [5.74, 6) is 1.57. The molecular formula is C11H18. The van der Waals surface area contributed by atoms with Crippen molar-refractivity contribution < 1.29 is 0 Å². The Bertz CT molecular complexity index is 172. The molecule has 0 aromatic carbocycles. The Hall–Kier alpha value is -0.520. The minimum absolute atomic E-state index is 0.786. The average molecular weight is 150 g/mol. The van der Waals surface area contributed by atoms with Gasteiger partial charge in [0.25, 0.3) is 0 Å². The lowest BCUT2D eigenvalue weighted by atomic mass is 9.87. The van der Waals surface area contributed by atoms with Gasteiger partial charge in [-0.2, -0.15) is 0 Å². The molecule has 0 heterocycles. The quantitative estimate of drug-likeness (QED) is 0.577. The predicted molar refractivity (Wildman–Crippen MR) is 50.5 cm³/mol. The first-order valence-electron chi connectivity index (χ1n) is 4.62. The van der Waals surface area contributed by atoms with E-state index in [9.17, 15) is 0 Å². The molecule has 1 aliphatic rings. The largest absolute Gasteiger partial charge is 0.0805 e. The normalized spacial score (nSPS) is 19.1. The van der Waals surface area contributed by atoms with E-state index in [1.54, 1.807) is 5.57 Å². The molecule has 0 heteroatoms. The van der Waals surface area contributed by atoms with E-state index in [0.29, 0.717) is 0 Å². The van der Waals surface area contributed by atoms with Gasteiger partial charge < -0.3 is 0 Å². The summed E-state index contributed by atoms with van der Waals surface area (Å²) < 4.78 is 0. The molecule has 0 aliphatic heterocycles. The van der Waals surface area contributed by atoms with E-state index in [2.05, 4.69) is 39.0 Å². The molecule has 0 spiro atoms. The van der Waals surface area contributed by atoms with Crippen LogP contribution in [0.5, 0.6) is 0 Å². The fraction of sp³-hybridized carbons (Fsp3) is 0.636. The maximum absolute atomic E-state index is 2.36. The third-order valence-electron chi connectivity index (χ3n) is 2.47. The molecule has 62 valence electrons. The summed E-state index contributed by atoms with van der Waals surface area (Å²) in [6.07, 6.45) is 9.31. The SMILES string of the molecule is CCC(C1=CCC=C1)C(C)C. The highest BCUT2D eigenvalue weighted by molar-refractivity contribution is 5.28. The third-order valence-corrected chi connectivity index (χ3v) is 2.47. The van der Waals surface area contributed by atoms with Crippen LogP contribution in [0, 0.1) is 11.8 Å². The fourth-order valence-corrected chi connectivity index (χ4v) is 1.84. The van der Waals surface area contributed by atoms with Crippen molar-refractivity contribution >= 4 is 0 Å². The van der Waals surface area contributed by atoms with Crippen LogP contribution in [-0.4, -0.2) is 0 Å². The Labute approximate surface area is 70.0 Å². The van der Waals surface area contributed by atoms with Crippen molar-refractivity contribution in [2.24, 2.45) is 11.8 Å². The molecule has 0 aromatic heterocycles. The Morgan fingerprint density at radius 2 is 2.18 bits per heavy atom. The van der Waals surface area contributed by atoms with E-state index < -0.39 is 0 Å². The smallest absolute Gasteiger partial charge is 0.0145 e. The van der Waals surface area contributed by atoms with Crippen LogP contribution < -0.4 is 0 Å². The van der Waals surface area contributed by atoms with Gasteiger partial charge >= 0.3 is 0 Å². The van der Waals surface area contributed by atoms with Gasteiger partial charge in [-0.15, -0.1) is 0 Å². The van der Waals surface area contributed by atoms with Gasteiger partial charge in [0, 0.05) is 0 Å². The molecule has 0 amide bonds. The van der Waals surface area contributed by atoms with Crippen molar-refractivity contribution in [3.05, 3.63) is 23.8 Å². The molecule has 1 atom stereocenters. The summed E-state index contributed by atoms with van der Waals surface area (Å²) in [5, 5.41) is 0. The first-order valence-corrected chi connectivity index (χ1v) is 4.62. The molecule has 0 saturated heterocycles. The second-order valence-electron chi connectivity index (χ2n) is 3.60. The molecule has 0 saturated carbocycles. The Balaban J connectivity index is 2.61. The van der Waals surface area contributed by atoms with Gasteiger partial charge in [0.15, 0.2) is 0 Å². The Morgan fingerprint density at radius 1 is 1.45 bits per heavy atom. The van der Waals surface area contributed by atoms with Crippen molar-refractivity contribution in [1.82, 2.24) is 0 Å². The monoisotopic (exact) mass is 150 g/mol. The highest BCUT2D eigenvalue weighted by Crippen LogP contribution is 2.27. The van der Waals surface area contributed by atoms with Crippen LogP contribution in [0.3, 0.4) is 0 Å². The molecule has 0 radical (unpaired) electrons. The number of hydrogen-bond acceptors (Lipinski definition) is 0. The van der Waals surface area contributed by atoms with Gasteiger partial charge in [-0.25, -0.2) is 0 Å². The first-order chi connectivity index (χ1) is 5.25. The van der Waals surface area contributed by atoms with Crippen molar-refractivity contribution in [1.29, 1.82) is 0 Å². The lowest BCUT2D eigenvalue weighted by Crippen LogP contribution is -2.08. The average Bonchev–Trinajstić information content (AvgIpc) is 2.40. The molecule has 1 rings (SSSR count). The van der Waals surface area contributed by atoms with Crippen LogP contribution in [0.15, 0.2) is 23.8 Å². The van der Waals surface area contributed by atoms with Crippen LogP contribution in [0.4, 0.5) is 0 Å². The van der Waals surface area contributed by atoms with Gasteiger partial charge in [0.2, 0.25) is 0 Å². The predicted octanol–water partition coefficient (Wildman–Crippen LogP) is 3.55. The van der Waals surface area contributed by atoms with E-state index in [1.165, 1.54) is 6.42 Å². The standard InChI is InChI=1S/C11H18/c1-4-11(9(2)3)10-7-5-6-8-10/h5,7-9,11H,4,6H2,1-3H3. The van der Waals surface area contributed by atoms with Crippen molar-refractivity contribution in [3.8, 4) is 0 Å². The van der Waals surface area contributed by atoms with E-state index in [-0.39, 0.29) is 0 Å². The molecule has 11 heavy (non-hydrogen) atoms. The molecule has 0 aromatic rings. The summed E-state index contributed by atoms with van der Waals surface area (Å²) in [6, 6.07) is 0.